The van der Waals surface area contributed by atoms with Gasteiger partial charge in [-0.15, -0.1) is 0 Å². The molecule has 1 amide bonds. The molecule has 2 rings (SSSR count). The lowest BCUT2D eigenvalue weighted by molar-refractivity contribution is -0.133. The monoisotopic (exact) mass is 386 g/mol. The van der Waals surface area contributed by atoms with E-state index < -0.39 is 0 Å². The molecule has 0 heterocycles. The van der Waals surface area contributed by atoms with E-state index in [-0.39, 0.29) is 12.5 Å². The third kappa shape index (κ3) is 5.39. The summed E-state index contributed by atoms with van der Waals surface area (Å²) in [6.45, 7) is 2.76. The number of aryl methyl sites for hydroxylation is 1. The van der Waals surface area contributed by atoms with E-state index in [2.05, 4.69) is 22.0 Å². The fraction of sp³-hybridized carbons (Fsp3) is 0.263. The normalized spacial score (nSPS) is 10.0. The van der Waals surface area contributed by atoms with Crippen LogP contribution in [0.1, 0.15) is 17.5 Å². The Balaban J connectivity index is 2.00. The Morgan fingerprint density at radius 2 is 2.00 bits per heavy atom. The lowest BCUT2D eigenvalue weighted by Gasteiger charge is -2.22. The van der Waals surface area contributed by atoms with Crippen LogP contribution in [0.25, 0.3) is 0 Å². The van der Waals surface area contributed by atoms with Crippen molar-refractivity contribution in [1.82, 2.24) is 4.90 Å². The maximum Gasteiger partial charge on any atom is 0.260 e. The number of nitrogens with zero attached hydrogens (tertiary/aromatic N) is 2. The van der Waals surface area contributed by atoms with E-state index in [1.807, 2.05) is 55.5 Å². The zero-order valence-electron chi connectivity index (χ0n) is 13.5. The van der Waals surface area contributed by atoms with Crippen LogP contribution in [0, 0.1) is 18.3 Å². The fourth-order valence-electron chi connectivity index (χ4n) is 2.29. The Labute approximate surface area is 150 Å². The van der Waals surface area contributed by atoms with Crippen molar-refractivity contribution in [3.8, 4) is 11.8 Å². The number of hydrogen-bond acceptors (Lipinski definition) is 3. The standard InChI is InChI=1S/C19H19BrN2O2/c1-15-12-17(20)8-9-18(15)24-14-19(23)22(11-5-10-21)13-16-6-3-2-4-7-16/h2-4,6-9,12H,5,11,13-14H2,1H3. The first-order chi connectivity index (χ1) is 11.6. The Morgan fingerprint density at radius 1 is 1.25 bits per heavy atom. The van der Waals surface area contributed by atoms with E-state index in [1.165, 1.54) is 0 Å². The Hall–Kier alpha value is -2.32. The van der Waals surface area contributed by atoms with Crippen molar-refractivity contribution in [2.24, 2.45) is 0 Å². The molecule has 0 bridgehead atoms. The predicted octanol–water partition coefficient (Wildman–Crippen LogP) is 4.08. The molecule has 2 aromatic rings. The van der Waals surface area contributed by atoms with Gasteiger partial charge in [0.15, 0.2) is 6.61 Å². The highest BCUT2D eigenvalue weighted by molar-refractivity contribution is 9.10. The third-order valence-electron chi connectivity index (χ3n) is 3.55. The minimum absolute atomic E-state index is 0.0409. The molecule has 0 N–H and O–H groups in total. The lowest BCUT2D eigenvalue weighted by atomic mass is 10.2. The van der Waals surface area contributed by atoms with Crippen LogP contribution in [0.5, 0.6) is 5.75 Å². The van der Waals surface area contributed by atoms with Gasteiger partial charge in [0, 0.05) is 17.6 Å². The summed E-state index contributed by atoms with van der Waals surface area (Å²) in [5.74, 6) is 0.558. The molecule has 0 spiro atoms. The molecule has 0 fully saturated rings. The molecule has 0 saturated carbocycles. The average molecular weight is 387 g/mol. The van der Waals surface area contributed by atoms with Gasteiger partial charge in [0.2, 0.25) is 0 Å². The first kappa shape index (κ1) is 18.0. The van der Waals surface area contributed by atoms with Gasteiger partial charge in [-0.3, -0.25) is 4.79 Å². The highest BCUT2D eigenvalue weighted by Crippen LogP contribution is 2.22. The summed E-state index contributed by atoms with van der Waals surface area (Å²) in [7, 11) is 0. The van der Waals surface area contributed by atoms with Crippen molar-refractivity contribution in [3.05, 3.63) is 64.1 Å². The van der Waals surface area contributed by atoms with Crippen molar-refractivity contribution in [2.45, 2.75) is 19.9 Å². The van der Waals surface area contributed by atoms with Gasteiger partial charge < -0.3 is 9.64 Å². The van der Waals surface area contributed by atoms with Crippen molar-refractivity contribution in [3.63, 3.8) is 0 Å². The number of hydrogen-bond donors (Lipinski definition) is 0. The second kappa shape index (κ2) is 9.09. The molecule has 0 unspecified atom stereocenters. The molecule has 0 atom stereocenters. The molecular weight excluding hydrogens is 368 g/mol. The molecule has 0 aliphatic rings. The van der Waals surface area contributed by atoms with Crippen LogP contribution in [0.3, 0.4) is 0 Å². The van der Waals surface area contributed by atoms with Gasteiger partial charge >= 0.3 is 0 Å². The van der Waals surface area contributed by atoms with Gasteiger partial charge in [0.1, 0.15) is 5.75 Å². The van der Waals surface area contributed by atoms with E-state index in [1.54, 1.807) is 4.90 Å². The summed E-state index contributed by atoms with van der Waals surface area (Å²) >= 11 is 3.40. The van der Waals surface area contributed by atoms with Crippen LogP contribution >= 0.6 is 15.9 Å². The van der Waals surface area contributed by atoms with Gasteiger partial charge in [-0.05, 0) is 36.2 Å². The molecule has 24 heavy (non-hydrogen) atoms. The summed E-state index contributed by atoms with van der Waals surface area (Å²) in [6.07, 6.45) is 0.301. The largest absolute Gasteiger partial charge is 0.483 e. The van der Waals surface area contributed by atoms with Crippen LogP contribution in [-0.4, -0.2) is 24.0 Å². The molecule has 5 heteroatoms. The molecule has 0 radical (unpaired) electrons. The maximum atomic E-state index is 12.5. The number of benzene rings is 2. The van der Waals surface area contributed by atoms with Gasteiger partial charge in [0.05, 0.1) is 12.5 Å². The van der Waals surface area contributed by atoms with E-state index >= 15 is 0 Å². The molecular formula is C19H19BrN2O2. The van der Waals surface area contributed by atoms with Gasteiger partial charge in [-0.2, -0.15) is 5.26 Å². The Morgan fingerprint density at radius 3 is 2.67 bits per heavy atom. The number of carbonyl (C=O) groups excluding carboxylic acids is 1. The van der Waals surface area contributed by atoms with Crippen LogP contribution in [-0.2, 0) is 11.3 Å². The summed E-state index contributed by atoms with van der Waals surface area (Å²) in [6, 6.07) is 17.5. The van der Waals surface area contributed by atoms with Gasteiger partial charge in [-0.1, -0.05) is 46.3 Å². The predicted molar refractivity (Wildman–Crippen MR) is 96.5 cm³/mol. The van der Waals surface area contributed by atoms with Crippen molar-refractivity contribution in [2.75, 3.05) is 13.2 Å². The smallest absolute Gasteiger partial charge is 0.260 e. The van der Waals surface area contributed by atoms with Crippen molar-refractivity contribution in [1.29, 1.82) is 5.26 Å². The molecule has 0 aromatic heterocycles. The molecule has 124 valence electrons. The first-order valence-electron chi connectivity index (χ1n) is 7.67. The summed E-state index contributed by atoms with van der Waals surface area (Å²) < 4.78 is 6.63. The zero-order chi connectivity index (χ0) is 17.4. The number of ether oxygens (including phenoxy) is 1. The van der Waals surface area contributed by atoms with E-state index in [0.29, 0.717) is 25.3 Å². The quantitative estimate of drug-likeness (QED) is 0.720. The lowest BCUT2D eigenvalue weighted by Crippen LogP contribution is -2.35. The summed E-state index contributed by atoms with van der Waals surface area (Å²) in [5, 5.41) is 8.81. The molecule has 4 nitrogen and oxygen atoms in total. The second-order valence-electron chi connectivity index (χ2n) is 5.41. The van der Waals surface area contributed by atoms with Crippen LogP contribution in [0.15, 0.2) is 53.0 Å². The Kier molecular flexibility index (Phi) is 6.83. The van der Waals surface area contributed by atoms with Gasteiger partial charge in [0.25, 0.3) is 5.91 Å². The van der Waals surface area contributed by atoms with E-state index in [9.17, 15) is 4.79 Å². The third-order valence-corrected chi connectivity index (χ3v) is 4.04. The highest BCUT2D eigenvalue weighted by Gasteiger charge is 2.15. The SMILES string of the molecule is Cc1cc(Br)ccc1OCC(=O)N(CCC#N)Cc1ccccc1. The zero-order valence-corrected chi connectivity index (χ0v) is 15.1. The van der Waals surface area contributed by atoms with E-state index in [0.717, 1.165) is 15.6 Å². The first-order valence-corrected chi connectivity index (χ1v) is 8.47. The summed E-state index contributed by atoms with van der Waals surface area (Å²) in [5.41, 5.74) is 1.99. The fourth-order valence-corrected chi connectivity index (χ4v) is 2.76. The van der Waals surface area contributed by atoms with Crippen LogP contribution in [0.2, 0.25) is 0 Å². The number of amides is 1. The minimum atomic E-state index is -0.128. The topological polar surface area (TPSA) is 53.3 Å². The van der Waals surface area contributed by atoms with E-state index in [4.69, 9.17) is 10.00 Å². The molecule has 0 aliphatic carbocycles. The van der Waals surface area contributed by atoms with Crippen molar-refractivity contribution < 1.29 is 9.53 Å². The molecule has 0 saturated heterocycles. The van der Waals surface area contributed by atoms with Crippen LogP contribution in [0.4, 0.5) is 0 Å². The second-order valence-corrected chi connectivity index (χ2v) is 6.32. The molecule has 0 aliphatic heterocycles. The average Bonchev–Trinajstić information content (AvgIpc) is 2.58. The number of rotatable bonds is 7. The minimum Gasteiger partial charge on any atom is -0.483 e. The number of carbonyl (C=O) groups is 1. The van der Waals surface area contributed by atoms with Crippen LogP contribution < -0.4 is 4.74 Å². The maximum absolute atomic E-state index is 12.5. The number of halogens is 1. The van der Waals surface area contributed by atoms with Crippen molar-refractivity contribution >= 4 is 21.8 Å². The highest BCUT2D eigenvalue weighted by atomic mass is 79.9. The Bertz CT molecular complexity index is 726. The van der Waals surface area contributed by atoms with Gasteiger partial charge in [-0.25, -0.2) is 0 Å². The molecule has 2 aromatic carbocycles. The number of nitriles is 1. The summed E-state index contributed by atoms with van der Waals surface area (Å²) in [4.78, 5) is 14.1.